The number of thioether (sulfide) groups is 1. The molecule has 0 atom stereocenters. The highest BCUT2D eigenvalue weighted by molar-refractivity contribution is 9.10. The molecule has 0 spiro atoms. The Hall–Kier alpha value is -3.03. The van der Waals surface area contributed by atoms with Crippen LogP contribution in [-0.4, -0.2) is 38.0 Å². The van der Waals surface area contributed by atoms with Crippen molar-refractivity contribution in [3.8, 4) is 0 Å². The van der Waals surface area contributed by atoms with Crippen molar-refractivity contribution in [1.82, 2.24) is 5.32 Å². The highest BCUT2D eigenvalue weighted by Crippen LogP contribution is 2.42. The molecule has 1 heterocycles. The van der Waals surface area contributed by atoms with Gasteiger partial charge in [0.15, 0.2) is 0 Å². The van der Waals surface area contributed by atoms with Gasteiger partial charge in [-0.2, -0.15) is 0 Å². The van der Waals surface area contributed by atoms with E-state index >= 15 is 0 Å². The normalized spacial score (nSPS) is 14.1. The third kappa shape index (κ3) is 5.90. The number of nitrogens with zero attached hydrogens (tertiary/aromatic N) is 2. The van der Waals surface area contributed by atoms with Crippen molar-refractivity contribution in [2.75, 3.05) is 36.0 Å². The number of nitrogens with one attached hydrogen (secondary N) is 1. The van der Waals surface area contributed by atoms with Gasteiger partial charge < -0.3 is 10.2 Å². The Morgan fingerprint density at radius 2 is 1.82 bits per heavy atom. The zero-order valence-corrected chi connectivity index (χ0v) is 21.3. The molecule has 0 radical (unpaired) electrons. The highest BCUT2D eigenvalue weighted by atomic mass is 79.9. The highest BCUT2D eigenvalue weighted by Gasteiger charge is 2.30. The van der Waals surface area contributed by atoms with Crippen LogP contribution in [0.3, 0.4) is 0 Å². The number of likely N-dealkylation sites (N-methyl/N-ethyl adjacent to an activating group) is 1. The number of anilines is 2. The third-order valence-electron chi connectivity index (χ3n) is 5.49. The number of amides is 2. The summed E-state index contributed by atoms with van der Waals surface area (Å²) in [6, 6.07) is 25.6. The van der Waals surface area contributed by atoms with Gasteiger partial charge in [0.2, 0.25) is 5.91 Å². The topological polar surface area (TPSA) is 52.7 Å². The van der Waals surface area contributed by atoms with Crippen LogP contribution in [0, 0.1) is 0 Å². The molecule has 2 amide bonds. The lowest BCUT2D eigenvalue weighted by Crippen LogP contribution is -2.44. The first kappa shape index (κ1) is 24.1. The van der Waals surface area contributed by atoms with Gasteiger partial charge in [-0.15, -0.1) is 0 Å². The van der Waals surface area contributed by atoms with Crippen LogP contribution >= 0.6 is 27.7 Å². The number of para-hydroxylation sites is 2. The minimum Gasteiger partial charge on any atom is -0.370 e. The van der Waals surface area contributed by atoms with Gasteiger partial charge in [0.05, 0.1) is 10.6 Å². The van der Waals surface area contributed by atoms with Crippen molar-refractivity contribution < 1.29 is 9.59 Å². The molecule has 0 saturated heterocycles. The van der Waals surface area contributed by atoms with E-state index in [0.717, 1.165) is 32.9 Å². The number of fused-ring (bicyclic) bond motifs is 1. The number of carbonyl (C=O) groups excluding carboxylic acids is 2. The molecule has 7 heteroatoms. The summed E-state index contributed by atoms with van der Waals surface area (Å²) in [5.41, 5.74) is 2.81. The predicted octanol–water partition coefficient (Wildman–Crippen LogP) is 5.57. The van der Waals surface area contributed by atoms with E-state index in [-0.39, 0.29) is 18.4 Å². The van der Waals surface area contributed by atoms with Crippen LogP contribution in [0.5, 0.6) is 0 Å². The maximum atomic E-state index is 13.4. The fourth-order valence-electron chi connectivity index (χ4n) is 3.81. The van der Waals surface area contributed by atoms with E-state index in [4.69, 9.17) is 0 Å². The van der Waals surface area contributed by atoms with Gasteiger partial charge in [-0.1, -0.05) is 70.2 Å². The second-order valence-corrected chi connectivity index (χ2v) is 9.79. The van der Waals surface area contributed by atoms with Gasteiger partial charge in [-0.3, -0.25) is 14.5 Å². The molecule has 0 unspecified atom stereocenters. The third-order valence-corrected chi connectivity index (χ3v) is 7.06. The molecule has 3 aromatic rings. The van der Waals surface area contributed by atoms with E-state index in [1.54, 1.807) is 4.90 Å². The average Bonchev–Trinajstić information content (AvgIpc) is 2.85. The minimum absolute atomic E-state index is 0.0241. The van der Waals surface area contributed by atoms with Crippen LogP contribution in [0.2, 0.25) is 0 Å². The lowest BCUT2D eigenvalue weighted by Gasteiger charge is -2.30. The maximum absolute atomic E-state index is 13.4. The van der Waals surface area contributed by atoms with Crippen molar-refractivity contribution in [3.05, 3.63) is 93.8 Å². The van der Waals surface area contributed by atoms with Gasteiger partial charge in [-0.05, 0) is 55.0 Å². The molecule has 1 aliphatic rings. The quantitative estimate of drug-likeness (QED) is 0.383. The molecule has 0 aliphatic carbocycles. The number of carbonyl (C=O) groups is 2. The summed E-state index contributed by atoms with van der Waals surface area (Å²) in [5, 5.41) is 2.98. The Kier molecular flexibility index (Phi) is 8.08. The summed E-state index contributed by atoms with van der Waals surface area (Å²) < 4.78 is 0.948. The van der Waals surface area contributed by atoms with Crippen LogP contribution in [0.4, 0.5) is 11.4 Å². The molecule has 5 nitrogen and oxygen atoms in total. The van der Waals surface area contributed by atoms with Crippen LogP contribution in [0.25, 0.3) is 6.08 Å². The SMILES string of the molecule is CCN(CCNC(=O)CN1C(=O)C(=Cc2cccc(Br)c2)Sc2ccccc21)c1ccccc1. The summed E-state index contributed by atoms with van der Waals surface area (Å²) in [6.07, 6.45) is 1.87. The lowest BCUT2D eigenvalue weighted by atomic mass is 10.2. The van der Waals surface area contributed by atoms with Crippen LogP contribution in [0.15, 0.2) is 93.1 Å². The van der Waals surface area contributed by atoms with E-state index in [1.807, 2.05) is 72.8 Å². The van der Waals surface area contributed by atoms with E-state index in [0.29, 0.717) is 18.0 Å². The van der Waals surface area contributed by atoms with Crippen molar-refractivity contribution in [3.63, 3.8) is 0 Å². The van der Waals surface area contributed by atoms with Crippen molar-refractivity contribution >= 4 is 57.0 Å². The average molecular weight is 536 g/mol. The first-order valence-electron chi connectivity index (χ1n) is 11.2. The summed E-state index contributed by atoms with van der Waals surface area (Å²) >= 11 is 4.91. The first-order valence-corrected chi connectivity index (χ1v) is 12.8. The molecule has 174 valence electrons. The zero-order chi connectivity index (χ0) is 23.9. The Morgan fingerprint density at radius 3 is 2.59 bits per heavy atom. The Labute approximate surface area is 213 Å². The van der Waals surface area contributed by atoms with Gasteiger partial charge in [0.25, 0.3) is 5.91 Å². The van der Waals surface area contributed by atoms with Crippen molar-refractivity contribution in [2.24, 2.45) is 0 Å². The Morgan fingerprint density at radius 1 is 1.06 bits per heavy atom. The largest absolute Gasteiger partial charge is 0.370 e. The standard InChI is InChI=1S/C27H26BrN3O2S/c1-2-30(22-11-4-3-5-12-22)16-15-29-26(32)19-31-23-13-6-7-14-24(23)34-25(27(31)33)18-20-9-8-10-21(28)17-20/h3-14,17-18H,2,15-16,19H2,1H3,(H,29,32). The molecule has 0 saturated carbocycles. The van der Waals surface area contributed by atoms with Crippen LogP contribution in [0.1, 0.15) is 12.5 Å². The van der Waals surface area contributed by atoms with Gasteiger partial charge in [0.1, 0.15) is 6.54 Å². The smallest absolute Gasteiger partial charge is 0.265 e. The summed E-state index contributed by atoms with van der Waals surface area (Å²) in [6.45, 7) is 4.11. The van der Waals surface area contributed by atoms with Gasteiger partial charge >= 0.3 is 0 Å². The molecular weight excluding hydrogens is 510 g/mol. The van der Waals surface area contributed by atoms with E-state index < -0.39 is 0 Å². The monoisotopic (exact) mass is 535 g/mol. The number of rotatable bonds is 8. The fourth-order valence-corrected chi connectivity index (χ4v) is 5.28. The summed E-state index contributed by atoms with van der Waals surface area (Å²) in [7, 11) is 0. The lowest BCUT2D eigenvalue weighted by molar-refractivity contribution is -0.122. The van der Waals surface area contributed by atoms with Crippen molar-refractivity contribution in [2.45, 2.75) is 11.8 Å². The number of halogens is 1. The van der Waals surface area contributed by atoms with Gasteiger partial charge in [-0.25, -0.2) is 0 Å². The first-order chi connectivity index (χ1) is 16.5. The van der Waals surface area contributed by atoms with Gasteiger partial charge in [0, 0.05) is 34.7 Å². The summed E-state index contributed by atoms with van der Waals surface area (Å²) in [5.74, 6) is -0.348. The summed E-state index contributed by atoms with van der Waals surface area (Å²) in [4.78, 5) is 31.5. The Bertz CT molecular complexity index is 1200. The van der Waals surface area contributed by atoms with Crippen LogP contribution in [-0.2, 0) is 9.59 Å². The molecule has 0 bridgehead atoms. The number of hydrogen-bond donors (Lipinski definition) is 1. The molecule has 1 N–H and O–H groups in total. The second kappa shape index (κ2) is 11.4. The number of benzene rings is 3. The molecular formula is C27H26BrN3O2S. The number of hydrogen-bond acceptors (Lipinski definition) is 4. The zero-order valence-electron chi connectivity index (χ0n) is 18.9. The fraction of sp³-hybridized carbons (Fsp3) is 0.185. The molecule has 34 heavy (non-hydrogen) atoms. The predicted molar refractivity (Wildman–Crippen MR) is 144 cm³/mol. The molecule has 3 aromatic carbocycles. The maximum Gasteiger partial charge on any atom is 0.265 e. The van der Waals surface area contributed by atoms with Crippen LogP contribution < -0.4 is 15.1 Å². The Balaban J connectivity index is 1.45. The molecule has 0 fully saturated rings. The second-order valence-electron chi connectivity index (χ2n) is 7.79. The van der Waals surface area contributed by atoms with E-state index in [2.05, 4.69) is 45.2 Å². The van der Waals surface area contributed by atoms with Crippen molar-refractivity contribution in [1.29, 1.82) is 0 Å². The minimum atomic E-state index is -0.180. The van der Waals surface area contributed by atoms with E-state index in [1.165, 1.54) is 11.8 Å². The molecule has 4 rings (SSSR count). The molecule has 1 aliphatic heterocycles. The molecule has 0 aromatic heterocycles. The van der Waals surface area contributed by atoms with E-state index in [9.17, 15) is 9.59 Å².